The summed E-state index contributed by atoms with van der Waals surface area (Å²) in [6, 6.07) is -0.321. The van der Waals surface area contributed by atoms with Gasteiger partial charge >= 0.3 is 6.03 Å². The molecule has 0 spiro atoms. The molecule has 0 saturated carbocycles. The summed E-state index contributed by atoms with van der Waals surface area (Å²) in [5.41, 5.74) is 0. The molecule has 0 aliphatic carbocycles. The van der Waals surface area contributed by atoms with Gasteiger partial charge in [-0.25, -0.2) is 4.79 Å². The average molecular weight is 357 g/mol. The number of thioether (sulfide) groups is 1. The predicted molar refractivity (Wildman–Crippen MR) is 87.8 cm³/mol. The molecule has 8 nitrogen and oxygen atoms in total. The molecular formula is C13H19N5O3S2. The molecule has 2 atom stereocenters. The summed E-state index contributed by atoms with van der Waals surface area (Å²) >= 11 is 2.73. The van der Waals surface area contributed by atoms with E-state index in [2.05, 4.69) is 20.8 Å². The first kappa shape index (κ1) is 16.5. The number of nitrogens with one attached hydrogen (secondary N) is 2. The van der Waals surface area contributed by atoms with Gasteiger partial charge in [-0.3, -0.25) is 9.69 Å². The van der Waals surface area contributed by atoms with E-state index < -0.39 is 0 Å². The van der Waals surface area contributed by atoms with Crippen molar-refractivity contribution in [1.29, 1.82) is 0 Å². The molecule has 126 valence electrons. The van der Waals surface area contributed by atoms with E-state index in [0.717, 1.165) is 31.1 Å². The number of amides is 3. The van der Waals surface area contributed by atoms with Gasteiger partial charge in [0.15, 0.2) is 4.34 Å². The molecule has 0 unspecified atom stereocenters. The van der Waals surface area contributed by atoms with E-state index in [-0.39, 0.29) is 23.3 Å². The normalized spacial score (nSPS) is 22.2. The lowest BCUT2D eigenvalue weighted by Gasteiger charge is -2.16. The first-order valence-corrected chi connectivity index (χ1v) is 9.28. The molecule has 23 heavy (non-hydrogen) atoms. The number of imide groups is 1. The van der Waals surface area contributed by atoms with Gasteiger partial charge in [-0.1, -0.05) is 23.1 Å². The Morgan fingerprint density at radius 3 is 3.17 bits per heavy atom. The highest BCUT2D eigenvalue weighted by atomic mass is 32.2. The lowest BCUT2D eigenvalue weighted by atomic mass is 10.2. The van der Waals surface area contributed by atoms with Gasteiger partial charge in [0.05, 0.1) is 11.4 Å². The van der Waals surface area contributed by atoms with Crippen LogP contribution >= 0.6 is 23.1 Å². The molecule has 2 N–H and O–H groups in total. The second-order valence-electron chi connectivity index (χ2n) is 5.37. The van der Waals surface area contributed by atoms with Crippen molar-refractivity contribution in [2.24, 2.45) is 0 Å². The maximum Gasteiger partial charge on any atom is 0.324 e. The molecule has 2 saturated heterocycles. The third-order valence-corrected chi connectivity index (χ3v) is 5.71. The number of aromatic nitrogens is 2. The van der Waals surface area contributed by atoms with Gasteiger partial charge in [-0.15, -0.1) is 10.2 Å². The molecule has 3 amide bonds. The van der Waals surface area contributed by atoms with Crippen molar-refractivity contribution >= 4 is 40.2 Å². The minimum Gasteiger partial charge on any atom is -0.376 e. The number of rotatable bonds is 6. The van der Waals surface area contributed by atoms with Gasteiger partial charge in [0.2, 0.25) is 11.0 Å². The molecule has 0 bridgehead atoms. The number of hydrogen-bond acceptors (Lipinski definition) is 8. The Balaban J connectivity index is 1.49. The van der Waals surface area contributed by atoms with Crippen molar-refractivity contribution in [3.63, 3.8) is 0 Å². The SMILES string of the molecule is C[C@@H](Sc1nnc(NC[C@@H]2CCCO2)s1)C(=O)N1CCNC1=O. The van der Waals surface area contributed by atoms with Crippen molar-refractivity contribution < 1.29 is 14.3 Å². The number of carbonyl (C=O) groups is 2. The van der Waals surface area contributed by atoms with Crippen LogP contribution in [0, 0.1) is 0 Å². The van der Waals surface area contributed by atoms with E-state index in [1.807, 2.05) is 0 Å². The van der Waals surface area contributed by atoms with Crippen LogP contribution in [0.4, 0.5) is 9.93 Å². The number of carbonyl (C=O) groups excluding carboxylic acids is 2. The van der Waals surface area contributed by atoms with Crippen LogP contribution in [0.5, 0.6) is 0 Å². The minimum absolute atomic E-state index is 0.200. The lowest BCUT2D eigenvalue weighted by Crippen LogP contribution is -2.38. The van der Waals surface area contributed by atoms with E-state index in [0.29, 0.717) is 17.4 Å². The summed E-state index contributed by atoms with van der Waals surface area (Å²) in [4.78, 5) is 25.0. The second-order valence-corrected chi connectivity index (χ2v) is 7.94. The van der Waals surface area contributed by atoms with Crippen molar-refractivity contribution in [2.45, 2.75) is 35.5 Å². The summed E-state index contributed by atoms with van der Waals surface area (Å²) in [6.45, 7) is 4.26. The van der Waals surface area contributed by atoms with E-state index in [9.17, 15) is 9.59 Å². The Morgan fingerprint density at radius 1 is 1.61 bits per heavy atom. The zero-order chi connectivity index (χ0) is 16.2. The smallest absolute Gasteiger partial charge is 0.324 e. The highest BCUT2D eigenvalue weighted by Crippen LogP contribution is 2.30. The standard InChI is InChI=1S/C13H19N5O3S2/c1-8(10(19)18-5-4-14-12(18)20)22-13-17-16-11(23-13)15-7-9-3-2-6-21-9/h8-9H,2-7H2,1H3,(H,14,20)(H,15,16)/t8-,9+/m1/s1. The topological polar surface area (TPSA) is 96.5 Å². The predicted octanol–water partition coefficient (Wildman–Crippen LogP) is 1.16. The molecule has 0 aromatic carbocycles. The zero-order valence-corrected chi connectivity index (χ0v) is 14.4. The Labute approximate surface area is 142 Å². The molecule has 2 aliphatic heterocycles. The van der Waals surface area contributed by atoms with Crippen molar-refractivity contribution in [3.05, 3.63) is 0 Å². The quantitative estimate of drug-likeness (QED) is 0.738. The average Bonchev–Trinajstić information content (AvgIpc) is 3.26. The third-order valence-electron chi connectivity index (χ3n) is 3.66. The summed E-state index contributed by atoms with van der Waals surface area (Å²) < 4.78 is 6.25. The Kier molecular flexibility index (Phi) is 5.34. The first-order chi connectivity index (χ1) is 11.1. The van der Waals surface area contributed by atoms with Crippen LogP contribution < -0.4 is 10.6 Å². The summed E-state index contributed by atoms with van der Waals surface area (Å²) in [6.07, 6.45) is 2.41. The maximum atomic E-state index is 12.2. The summed E-state index contributed by atoms with van der Waals surface area (Å²) in [5.74, 6) is -0.200. The molecular weight excluding hydrogens is 338 g/mol. The number of anilines is 1. The fraction of sp³-hybridized carbons (Fsp3) is 0.692. The fourth-order valence-corrected chi connectivity index (χ4v) is 4.40. The second kappa shape index (κ2) is 7.45. The highest BCUT2D eigenvalue weighted by Gasteiger charge is 2.30. The van der Waals surface area contributed by atoms with Crippen molar-refractivity contribution in [2.75, 3.05) is 31.6 Å². The number of ether oxygens (including phenoxy) is 1. The Morgan fingerprint density at radius 2 is 2.48 bits per heavy atom. The highest BCUT2D eigenvalue weighted by molar-refractivity contribution is 8.02. The Hall–Kier alpha value is -1.39. The van der Waals surface area contributed by atoms with Crippen LogP contribution in [0.3, 0.4) is 0 Å². The van der Waals surface area contributed by atoms with E-state index in [1.165, 1.54) is 28.0 Å². The van der Waals surface area contributed by atoms with Crippen LogP contribution in [0.15, 0.2) is 4.34 Å². The fourth-order valence-electron chi connectivity index (χ4n) is 2.44. The lowest BCUT2D eigenvalue weighted by molar-refractivity contribution is -0.126. The molecule has 3 heterocycles. The molecule has 2 aliphatic rings. The monoisotopic (exact) mass is 357 g/mol. The molecule has 2 fully saturated rings. The van der Waals surface area contributed by atoms with E-state index >= 15 is 0 Å². The molecule has 1 aromatic rings. The number of nitrogens with zero attached hydrogens (tertiary/aromatic N) is 3. The Bertz CT molecular complexity index is 576. The van der Waals surface area contributed by atoms with Gasteiger partial charge in [-0.05, 0) is 19.8 Å². The number of hydrogen-bond donors (Lipinski definition) is 2. The van der Waals surface area contributed by atoms with E-state index in [1.54, 1.807) is 6.92 Å². The van der Waals surface area contributed by atoms with Crippen molar-refractivity contribution in [3.8, 4) is 0 Å². The minimum atomic E-state index is -0.377. The zero-order valence-electron chi connectivity index (χ0n) is 12.8. The van der Waals surface area contributed by atoms with Crippen LogP contribution in [0.25, 0.3) is 0 Å². The first-order valence-electron chi connectivity index (χ1n) is 7.58. The van der Waals surface area contributed by atoms with Gasteiger partial charge in [-0.2, -0.15) is 0 Å². The maximum absolute atomic E-state index is 12.2. The van der Waals surface area contributed by atoms with Gasteiger partial charge < -0.3 is 15.4 Å². The molecule has 3 rings (SSSR count). The van der Waals surface area contributed by atoms with Gasteiger partial charge in [0.1, 0.15) is 0 Å². The summed E-state index contributed by atoms with van der Waals surface area (Å²) in [7, 11) is 0. The van der Waals surface area contributed by atoms with Crippen molar-refractivity contribution in [1.82, 2.24) is 20.4 Å². The number of urea groups is 1. The van der Waals surface area contributed by atoms with Gasteiger partial charge in [0.25, 0.3) is 0 Å². The molecule has 0 radical (unpaired) electrons. The summed E-state index contributed by atoms with van der Waals surface area (Å²) in [5, 5.41) is 14.4. The largest absolute Gasteiger partial charge is 0.376 e. The van der Waals surface area contributed by atoms with Crippen LogP contribution in [-0.2, 0) is 9.53 Å². The van der Waals surface area contributed by atoms with E-state index in [4.69, 9.17) is 4.74 Å². The van der Waals surface area contributed by atoms with Gasteiger partial charge in [0, 0.05) is 26.2 Å². The molecule has 10 heteroatoms. The third kappa shape index (κ3) is 4.12. The van der Waals surface area contributed by atoms with Crippen LogP contribution in [-0.4, -0.2) is 64.6 Å². The van der Waals surface area contributed by atoms with Crippen LogP contribution in [0.2, 0.25) is 0 Å². The van der Waals surface area contributed by atoms with Crippen LogP contribution in [0.1, 0.15) is 19.8 Å². The molecule has 1 aromatic heterocycles.